The molecule has 6 aromatic rings. The first-order valence-corrected chi connectivity index (χ1v) is 12.8. The minimum absolute atomic E-state index is 0.116. The predicted molar refractivity (Wildman–Crippen MR) is 149 cm³/mol. The number of Topliss-reactive ketones (excluding diaryl/α,β-unsaturated/α-hetero) is 2. The molecule has 6 rings (SSSR count). The van der Waals surface area contributed by atoms with Crippen LogP contribution in [0.3, 0.4) is 0 Å². The quantitative estimate of drug-likeness (QED) is 0.156. The normalized spacial score (nSPS) is 11.5. The molecule has 2 aromatic heterocycles. The Balaban J connectivity index is 1.43. The highest BCUT2D eigenvalue weighted by molar-refractivity contribution is 6.43. The Kier molecular flexibility index (Phi) is 6.34. The van der Waals surface area contributed by atoms with Crippen molar-refractivity contribution in [3.63, 3.8) is 0 Å². The van der Waals surface area contributed by atoms with Gasteiger partial charge in [-0.3, -0.25) is 9.59 Å². The van der Waals surface area contributed by atoms with Crippen molar-refractivity contribution in [3.05, 3.63) is 148 Å². The highest BCUT2D eigenvalue weighted by Gasteiger charge is 2.41. The average molecular weight is 532 g/mol. The molecule has 1 N–H and O–H groups in total. The molecule has 0 atom stereocenters. The number of hydrogen-bond donors (Lipinski definition) is 1. The molecule has 7 nitrogen and oxygen atoms in total. The number of benzene rings is 4. The number of aromatic amines is 1. The lowest BCUT2D eigenvalue weighted by atomic mass is 9.77. The maximum atomic E-state index is 13.3. The molecule has 0 radical (unpaired) electrons. The van der Waals surface area contributed by atoms with Crippen molar-refractivity contribution in [2.75, 3.05) is 0 Å². The van der Waals surface area contributed by atoms with Crippen LogP contribution in [0.5, 0.6) is 0 Å². The largest absolute Gasteiger partial charge is 0.361 e. The van der Waals surface area contributed by atoms with Gasteiger partial charge < -0.3 is 4.98 Å². The monoisotopic (exact) mass is 531 g/mol. The molecule has 0 bridgehead atoms. The lowest BCUT2D eigenvalue weighted by molar-refractivity contribution is -0.114. The van der Waals surface area contributed by atoms with E-state index in [0.29, 0.717) is 10.6 Å². The van der Waals surface area contributed by atoms with E-state index in [0.717, 1.165) is 27.6 Å². The fourth-order valence-electron chi connectivity index (χ4n) is 5.01. The molecule has 0 aliphatic carbocycles. The van der Waals surface area contributed by atoms with Gasteiger partial charge in [0.1, 0.15) is 0 Å². The first-order valence-electron chi connectivity index (χ1n) is 12.4. The van der Waals surface area contributed by atoms with E-state index >= 15 is 0 Å². The zero-order chi connectivity index (χ0) is 26.8. The van der Waals surface area contributed by atoms with Gasteiger partial charge in [-0.15, -0.1) is 15.0 Å². The standard InChI is InChI=1S/C31H22ClN5O2/c32-25-16-17-27-26(19-25)21(20-33-27)18-28(38)29(39)30-34-36-37(35-30)31(22-10-4-1-5-11-22,23-12-6-2-7-13-23)24-14-8-3-9-15-24/h1-17,19-20,33H,18H2. The molecule has 0 spiro atoms. The topological polar surface area (TPSA) is 93.5 Å². The van der Waals surface area contributed by atoms with E-state index in [4.69, 9.17) is 11.6 Å². The third kappa shape index (κ3) is 4.32. The number of ketones is 2. The summed E-state index contributed by atoms with van der Waals surface area (Å²) in [5.41, 5.74) is 3.09. The minimum Gasteiger partial charge on any atom is -0.361 e. The molecule has 0 saturated carbocycles. The molecule has 39 heavy (non-hydrogen) atoms. The summed E-state index contributed by atoms with van der Waals surface area (Å²) < 4.78 is 0. The van der Waals surface area contributed by atoms with E-state index in [-0.39, 0.29) is 12.2 Å². The highest BCUT2D eigenvalue weighted by Crippen LogP contribution is 2.39. The Bertz CT molecular complexity index is 1680. The van der Waals surface area contributed by atoms with Gasteiger partial charge in [0.2, 0.25) is 11.6 Å². The summed E-state index contributed by atoms with van der Waals surface area (Å²) in [5, 5.41) is 14.3. The van der Waals surface area contributed by atoms with Gasteiger partial charge in [0, 0.05) is 28.5 Å². The molecule has 0 aliphatic heterocycles. The van der Waals surface area contributed by atoms with Crippen molar-refractivity contribution < 1.29 is 9.59 Å². The maximum absolute atomic E-state index is 13.3. The smallest absolute Gasteiger partial charge is 0.269 e. The molecule has 190 valence electrons. The molecular weight excluding hydrogens is 510 g/mol. The van der Waals surface area contributed by atoms with Gasteiger partial charge in [-0.25, -0.2) is 0 Å². The van der Waals surface area contributed by atoms with Crippen LogP contribution in [-0.2, 0) is 16.8 Å². The Morgan fingerprint density at radius 2 is 1.36 bits per heavy atom. The van der Waals surface area contributed by atoms with Crippen molar-refractivity contribution in [1.82, 2.24) is 25.2 Å². The van der Waals surface area contributed by atoms with E-state index in [1.165, 1.54) is 4.80 Å². The Hall–Kier alpha value is -4.88. The molecule has 0 fully saturated rings. The number of fused-ring (bicyclic) bond motifs is 1. The van der Waals surface area contributed by atoms with Gasteiger partial charge in [-0.1, -0.05) is 103 Å². The van der Waals surface area contributed by atoms with Gasteiger partial charge in [0.25, 0.3) is 5.78 Å². The SMILES string of the molecule is O=C(Cc1c[nH]c2ccc(Cl)cc12)C(=O)c1nnn(C(c2ccccc2)(c2ccccc2)c2ccccc2)n1. The van der Waals surface area contributed by atoms with Crippen LogP contribution in [0, 0.1) is 0 Å². The summed E-state index contributed by atoms with van der Waals surface area (Å²) in [7, 11) is 0. The summed E-state index contributed by atoms with van der Waals surface area (Å²) in [6.07, 6.45) is 1.59. The van der Waals surface area contributed by atoms with Crippen molar-refractivity contribution in [2.24, 2.45) is 0 Å². The molecule has 4 aromatic carbocycles. The van der Waals surface area contributed by atoms with Crippen LogP contribution in [0.1, 0.15) is 32.9 Å². The predicted octanol–water partition coefficient (Wildman–Crippen LogP) is 5.64. The fraction of sp³-hybridized carbons (Fsp3) is 0.0645. The summed E-state index contributed by atoms with van der Waals surface area (Å²) in [6.45, 7) is 0. The van der Waals surface area contributed by atoms with E-state index in [9.17, 15) is 9.59 Å². The summed E-state index contributed by atoms with van der Waals surface area (Å²) >= 11 is 6.14. The van der Waals surface area contributed by atoms with E-state index in [2.05, 4.69) is 20.4 Å². The van der Waals surface area contributed by atoms with Crippen molar-refractivity contribution in [1.29, 1.82) is 0 Å². The summed E-state index contributed by atoms with van der Waals surface area (Å²) in [4.78, 5) is 30.9. The second-order valence-corrected chi connectivity index (χ2v) is 9.58. The first kappa shape index (κ1) is 24.5. The van der Waals surface area contributed by atoms with Crippen molar-refractivity contribution in [2.45, 2.75) is 12.0 Å². The third-order valence-corrected chi connectivity index (χ3v) is 7.06. The minimum atomic E-state index is -1.04. The molecular formula is C31H22ClN5O2. The van der Waals surface area contributed by atoms with Crippen LogP contribution in [-0.4, -0.2) is 36.8 Å². The summed E-state index contributed by atoms with van der Waals surface area (Å²) in [5.74, 6) is -1.70. The first-order chi connectivity index (χ1) is 19.1. The van der Waals surface area contributed by atoms with E-state index in [1.807, 2.05) is 97.1 Å². The number of aromatic nitrogens is 5. The fourth-order valence-corrected chi connectivity index (χ4v) is 5.18. The van der Waals surface area contributed by atoms with Crippen molar-refractivity contribution >= 4 is 34.1 Å². The molecule has 8 heteroatoms. The lowest BCUT2D eigenvalue weighted by Gasteiger charge is -2.34. The Labute approximate surface area is 229 Å². The lowest BCUT2D eigenvalue weighted by Crippen LogP contribution is -2.39. The molecule has 0 unspecified atom stereocenters. The molecule has 0 saturated heterocycles. The van der Waals surface area contributed by atoms with Crippen LogP contribution in [0.25, 0.3) is 10.9 Å². The Morgan fingerprint density at radius 3 is 1.92 bits per heavy atom. The molecule has 0 amide bonds. The second kappa shape index (κ2) is 10.1. The van der Waals surface area contributed by atoms with Gasteiger partial charge in [0.05, 0.1) is 0 Å². The number of tetrazole rings is 1. The number of rotatable bonds is 8. The van der Waals surface area contributed by atoms with Crippen LogP contribution in [0.4, 0.5) is 0 Å². The number of H-pyrrole nitrogens is 1. The molecule has 0 aliphatic rings. The number of hydrogen-bond acceptors (Lipinski definition) is 5. The van der Waals surface area contributed by atoms with Gasteiger partial charge in [0.15, 0.2) is 5.54 Å². The zero-order valence-electron chi connectivity index (χ0n) is 20.7. The number of halogens is 1. The van der Waals surface area contributed by atoms with E-state index < -0.39 is 17.1 Å². The number of carbonyl (C=O) groups is 2. The van der Waals surface area contributed by atoms with Crippen LogP contribution in [0.2, 0.25) is 5.02 Å². The van der Waals surface area contributed by atoms with Gasteiger partial charge in [-0.2, -0.15) is 0 Å². The van der Waals surface area contributed by atoms with Crippen LogP contribution < -0.4 is 0 Å². The average Bonchev–Trinajstić information content (AvgIpc) is 3.63. The summed E-state index contributed by atoms with van der Waals surface area (Å²) in [6, 6.07) is 34.7. The number of carbonyl (C=O) groups excluding carboxylic acids is 2. The van der Waals surface area contributed by atoms with Crippen LogP contribution >= 0.6 is 11.6 Å². The number of nitrogens with one attached hydrogen (secondary N) is 1. The highest BCUT2D eigenvalue weighted by atomic mass is 35.5. The van der Waals surface area contributed by atoms with E-state index in [1.54, 1.807) is 18.3 Å². The molecule has 2 heterocycles. The number of nitrogens with zero attached hydrogens (tertiary/aromatic N) is 4. The second-order valence-electron chi connectivity index (χ2n) is 9.14. The van der Waals surface area contributed by atoms with Crippen molar-refractivity contribution in [3.8, 4) is 0 Å². The van der Waals surface area contributed by atoms with Crippen LogP contribution in [0.15, 0.2) is 115 Å². The Morgan fingerprint density at radius 1 is 0.795 bits per heavy atom. The van der Waals surface area contributed by atoms with Gasteiger partial charge in [-0.05, 0) is 45.7 Å². The zero-order valence-corrected chi connectivity index (χ0v) is 21.4. The maximum Gasteiger partial charge on any atom is 0.269 e. The van der Waals surface area contributed by atoms with Gasteiger partial charge >= 0.3 is 0 Å². The third-order valence-electron chi connectivity index (χ3n) is 6.83.